The monoisotopic (exact) mass is 271 g/mol. The number of hydrogen-bond donors (Lipinski definition) is 2. The minimum absolute atomic E-state index is 0.0279. The molecule has 1 aromatic rings. The number of hydrogen-bond acceptors (Lipinski definition) is 4. The van der Waals surface area contributed by atoms with Gasteiger partial charge >= 0.3 is 0 Å². The highest BCUT2D eigenvalue weighted by molar-refractivity contribution is 7.99. The fourth-order valence-electron chi connectivity index (χ4n) is 1.66. The number of rotatable bonds is 3. The first-order valence-corrected chi connectivity index (χ1v) is 7.00. The second kappa shape index (κ2) is 6.23. The van der Waals surface area contributed by atoms with Crippen LogP contribution in [0.15, 0.2) is 18.3 Å². The minimum Gasteiger partial charge on any atom is -0.323 e. The Balaban J connectivity index is 1.86. The van der Waals surface area contributed by atoms with Crippen molar-refractivity contribution in [1.82, 2.24) is 10.3 Å². The number of thioether (sulfide) groups is 1. The second-order valence-corrected chi connectivity index (χ2v) is 5.33. The van der Waals surface area contributed by atoms with Crippen LogP contribution in [0, 0.1) is 0 Å². The fourth-order valence-corrected chi connectivity index (χ4v) is 2.77. The minimum atomic E-state index is -0.0279. The Labute approximate surface area is 110 Å². The van der Waals surface area contributed by atoms with Crippen molar-refractivity contribution in [3.8, 4) is 0 Å². The number of carbonyl (C=O) groups is 1. The number of aromatic nitrogens is 1. The normalized spacial score (nSPS) is 19.9. The van der Waals surface area contributed by atoms with E-state index in [0.717, 1.165) is 18.1 Å². The maximum atomic E-state index is 11.8. The molecule has 1 aromatic heterocycles. The van der Waals surface area contributed by atoms with Crippen molar-refractivity contribution in [3.63, 3.8) is 0 Å². The molecule has 0 aliphatic carbocycles. The van der Waals surface area contributed by atoms with Crippen LogP contribution in [0.1, 0.15) is 6.42 Å². The highest BCUT2D eigenvalue weighted by atomic mass is 35.5. The van der Waals surface area contributed by atoms with Gasteiger partial charge < -0.3 is 10.6 Å². The van der Waals surface area contributed by atoms with E-state index in [1.807, 2.05) is 11.8 Å². The van der Waals surface area contributed by atoms with E-state index in [1.165, 1.54) is 0 Å². The van der Waals surface area contributed by atoms with E-state index < -0.39 is 0 Å². The van der Waals surface area contributed by atoms with Gasteiger partial charge in [0.15, 0.2) is 5.15 Å². The van der Waals surface area contributed by atoms with Crippen molar-refractivity contribution in [3.05, 3.63) is 23.5 Å². The molecule has 0 radical (unpaired) electrons. The van der Waals surface area contributed by atoms with Crippen LogP contribution < -0.4 is 10.6 Å². The van der Waals surface area contributed by atoms with Gasteiger partial charge in [0.2, 0.25) is 5.91 Å². The predicted molar refractivity (Wildman–Crippen MR) is 71.6 cm³/mol. The van der Waals surface area contributed by atoms with Crippen molar-refractivity contribution < 1.29 is 4.79 Å². The van der Waals surface area contributed by atoms with E-state index >= 15 is 0 Å². The maximum Gasteiger partial charge on any atom is 0.226 e. The van der Waals surface area contributed by atoms with E-state index in [0.29, 0.717) is 17.3 Å². The Hall–Kier alpha value is -0.780. The van der Waals surface area contributed by atoms with Gasteiger partial charge in [-0.3, -0.25) is 4.79 Å². The summed E-state index contributed by atoms with van der Waals surface area (Å²) in [6, 6.07) is 3.75. The van der Waals surface area contributed by atoms with Crippen LogP contribution in [0.25, 0.3) is 0 Å². The Kier molecular flexibility index (Phi) is 4.65. The summed E-state index contributed by atoms with van der Waals surface area (Å²) in [4.78, 5) is 15.7. The number of carbonyl (C=O) groups excluding carboxylic acids is 1. The summed E-state index contributed by atoms with van der Waals surface area (Å²) in [5, 5.41) is 6.42. The van der Waals surface area contributed by atoms with E-state index in [1.54, 1.807) is 18.3 Å². The summed E-state index contributed by atoms with van der Waals surface area (Å²) in [6.45, 7) is 0.969. The molecule has 4 nitrogen and oxygen atoms in total. The highest BCUT2D eigenvalue weighted by Gasteiger charge is 2.17. The maximum absolute atomic E-state index is 11.8. The molecule has 0 bridgehead atoms. The van der Waals surface area contributed by atoms with Crippen molar-refractivity contribution in [1.29, 1.82) is 0 Å². The van der Waals surface area contributed by atoms with Crippen LogP contribution in [0.2, 0.25) is 5.15 Å². The summed E-state index contributed by atoms with van der Waals surface area (Å²) < 4.78 is 0. The zero-order chi connectivity index (χ0) is 12.1. The second-order valence-electron chi connectivity index (χ2n) is 3.82. The molecule has 1 atom stereocenters. The molecule has 0 spiro atoms. The Bertz CT molecular complexity index is 396. The molecule has 92 valence electrons. The zero-order valence-corrected chi connectivity index (χ0v) is 10.9. The molecule has 0 saturated carbocycles. The summed E-state index contributed by atoms with van der Waals surface area (Å²) in [6.07, 6.45) is 2.07. The first-order valence-electron chi connectivity index (χ1n) is 5.47. The molecular formula is C11H14ClN3OS. The third-order valence-corrected chi connectivity index (χ3v) is 3.90. The molecule has 1 aliphatic rings. The van der Waals surface area contributed by atoms with Gasteiger partial charge in [-0.25, -0.2) is 4.98 Å². The molecular weight excluding hydrogens is 258 g/mol. The van der Waals surface area contributed by atoms with Crippen LogP contribution in [0.4, 0.5) is 5.69 Å². The largest absolute Gasteiger partial charge is 0.323 e. The average Bonchev–Trinajstić information content (AvgIpc) is 2.33. The van der Waals surface area contributed by atoms with E-state index in [9.17, 15) is 4.79 Å². The first kappa shape index (κ1) is 12.7. The van der Waals surface area contributed by atoms with Gasteiger partial charge in [0, 0.05) is 36.7 Å². The number of nitrogens with zero attached hydrogens (tertiary/aromatic N) is 1. The summed E-state index contributed by atoms with van der Waals surface area (Å²) in [5.41, 5.74) is 0.572. The number of pyridine rings is 1. The summed E-state index contributed by atoms with van der Waals surface area (Å²) >= 11 is 7.74. The van der Waals surface area contributed by atoms with Gasteiger partial charge in [-0.2, -0.15) is 11.8 Å². The molecule has 0 aromatic carbocycles. The first-order chi connectivity index (χ1) is 8.25. The molecule has 1 aliphatic heterocycles. The van der Waals surface area contributed by atoms with Crippen LogP contribution in [-0.4, -0.2) is 35.0 Å². The van der Waals surface area contributed by atoms with Crippen molar-refractivity contribution in [2.75, 3.05) is 23.4 Å². The molecule has 1 saturated heterocycles. The van der Waals surface area contributed by atoms with Crippen molar-refractivity contribution in [2.45, 2.75) is 12.5 Å². The third-order valence-electron chi connectivity index (χ3n) is 2.46. The molecule has 17 heavy (non-hydrogen) atoms. The Morgan fingerprint density at radius 3 is 3.29 bits per heavy atom. The highest BCUT2D eigenvalue weighted by Crippen LogP contribution is 2.18. The van der Waals surface area contributed by atoms with Crippen molar-refractivity contribution >= 4 is 35.0 Å². The van der Waals surface area contributed by atoms with Crippen LogP contribution in [-0.2, 0) is 4.79 Å². The van der Waals surface area contributed by atoms with Gasteiger partial charge in [0.25, 0.3) is 0 Å². The van der Waals surface area contributed by atoms with Gasteiger partial charge in [-0.15, -0.1) is 0 Å². The Morgan fingerprint density at radius 1 is 1.71 bits per heavy atom. The SMILES string of the molecule is O=C(CC1CSCCN1)Nc1cccnc1Cl. The third kappa shape index (κ3) is 3.87. The lowest BCUT2D eigenvalue weighted by atomic mass is 10.2. The van der Waals surface area contributed by atoms with Crippen LogP contribution in [0.3, 0.4) is 0 Å². The smallest absolute Gasteiger partial charge is 0.226 e. The van der Waals surface area contributed by atoms with E-state index in [-0.39, 0.29) is 11.9 Å². The Morgan fingerprint density at radius 2 is 2.59 bits per heavy atom. The van der Waals surface area contributed by atoms with Gasteiger partial charge in [0.1, 0.15) is 0 Å². The predicted octanol–water partition coefficient (Wildman–Crippen LogP) is 1.77. The van der Waals surface area contributed by atoms with Crippen LogP contribution >= 0.6 is 23.4 Å². The van der Waals surface area contributed by atoms with Gasteiger partial charge in [-0.1, -0.05) is 11.6 Å². The molecule has 1 fully saturated rings. The lowest BCUT2D eigenvalue weighted by Gasteiger charge is -2.22. The summed E-state index contributed by atoms with van der Waals surface area (Å²) in [7, 11) is 0. The van der Waals surface area contributed by atoms with Gasteiger partial charge in [0.05, 0.1) is 5.69 Å². The fraction of sp³-hybridized carbons (Fsp3) is 0.455. The topological polar surface area (TPSA) is 54.0 Å². The van der Waals surface area contributed by atoms with E-state index in [4.69, 9.17) is 11.6 Å². The molecule has 2 rings (SSSR count). The standard InChI is InChI=1S/C11H14ClN3OS/c12-11-9(2-1-3-14-11)15-10(16)6-8-7-17-5-4-13-8/h1-3,8,13H,4-7H2,(H,15,16). The quantitative estimate of drug-likeness (QED) is 0.823. The number of anilines is 1. The molecule has 2 N–H and O–H groups in total. The molecule has 1 unspecified atom stereocenters. The number of nitrogens with one attached hydrogen (secondary N) is 2. The molecule has 1 amide bonds. The molecule has 2 heterocycles. The zero-order valence-electron chi connectivity index (χ0n) is 9.28. The average molecular weight is 272 g/mol. The van der Waals surface area contributed by atoms with Crippen molar-refractivity contribution in [2.24, 2.45) is 0 Å². The number of halogens is 1. The summed E-state index contributed by atoms with van der Waals surface area (Å²) in [5.74, 6) is 2.07. The molecule has 6 heteroatoms. The van der Waals surface area contributed by atoms with Crippen LogP contribution in [0.5, 0.6) is 0 Å². The van der Waals surface area contributed by atoms with Gasteiger partial charge in [-0.05, 0) is 12.1 Å². The lowest BCUT2D eigenvalue weighted by Crippen LogP contribution is -2.39. The number of amides is 1. The lowest BCUT2D eigenvalue weighted by molar-refractivity contribution is -0.116. The van der Waals surface area contributed by atoms with E-state index in [2.05, 4.69) is 15.6 Å².